The van der Waals surface area contributed by atoms with E-state index in [1.807, 2.05) is 18.4 Å². The van der Waals surface area contributed by atoms with Crippen molar-refractivity contribution in [2.75, 3.05) is 20.3 Å². The molecule has 0 spiro atoms. The van der Waals surface area contributed by atoms with Crippen LogP contribution in [0.25, 0.3) is 0 Å². The zero-order valence-corrected chi connectivity index (χ0v) is 13.4. The van der Waals surface area contributed by atoms with Crippen LogP contribution in [0.5, 0.6) is 5.88 Å². The third kappa shape index (κ3) is 2.79. The summed E-state index contributed by atoms with van der Waals surface area (Å²) in [5, 5.41) is 12.0. The van der Waals surface area contributed by atoms with E-state index in [1.54, 1.807) is 4.90 Å². The Bertz CT molecular complexity index is 695. The van der Waals surface area contributed by atoms with Crippen molar-refractivity contribution in [1.29, 1.82) is 0 Å². The molecule has 1 amide bonds. The van der Waals surface area contributed by atoms with Gasteiger partial charge in [0.1, 0.15) is 6.61 Å². The number of hydrogen-bond donors (Lipinski definition) is 0. The van der Waals surface area contributed by atoms with Crippen molar-refractivity contribution in [3.63, 3.8) is 0 Å². The van der Waals surface area contributed by atoms with Crippen molar-refractivity contribution < 1.29 is 18.8 Å². The first-order valence-electron chi connectivity index (χ1n) is 7.47. The molecule has 0 saturated heterocycles. The zero-order chi connectivity index (χ0) is 16.4. The first kappa shape index (κ1) is 15.5. The van der Waals surface area contributed by atoms with E-state index in [-0.39, 0.29) is 23.6 Å². The second-order valence-electron chi connectivity index (χ2n) is 5.17. The Kier molecular flexibility index (Phi) is 4.28. The second-order valence-corrected chi connectivity index (χ2v) is 5.17. The third-order valence-electron chi connectivity index (χ3n) is 3.87. The molecule has 23 heavy (non-hydrogen) atoms. The Labute approximate surface area is 133 Å². The highest BCUT2D eigenvalue weighted by molar-refractivity contribution is 5.92. The van der Waals surface area contributed by atoms with Crippen molar-refractivity contribution in [2.24, 2.45) is 0 Å². The zero-order valence-electron chi connectivity index (χ0n) is 13.4. The average Bonchev–Trinajstić information content (AvgIpc) is 3.20. The van der Waals surface area contributed by atoms with Crippen LogP contribution in [0.1, 0.15) is 42.1 Å². The van der Waals surface area contributed by atoms with Crippen molar-refractivity contribution in [2.45, 2.75) is 33.0 Å². The Morgan fingerprint density at radius 1 is 1.43 bits per heavy atom. The summed E-state index contributed by atoms with van der Waals surface area (Å²) in [6, 6.07) is 1.27. The molecule has 0 radical (unpaired) electrons. The summed E-state index contributed by atoms with van der Waals surface area (Å²) in [6.45, 7) is 6.04. The molecular weight excluding hydrogens is 302 g/mol. The van der Waals surface area contributed by atoms with E-state index in [1.165, 1.54) is 13.2 Å². The van der Waals surface area contributed by atoms with Gasteiger partial charge >= 0.3 is 0 Å². The van der Waals surface area contributed by atoms with Crippen LogP contribution in [0.4, 0.5) is 0 Å². The van der Waals surface area contributed by atoms with E-state index in [4.69, 9.17) is 14.0 Å². The summed E-state index contributed by atoms with van der Waals surface area (Å²) >= 11 is 0. The molecule has 1 aliphatic heterocycles. The fourth-order valence-corrected chi connectivity index (χ4v) is 2.62. The molecule has 0 aliphatic carbocycles. The van der Waals surface area contributed by atoms with Crippen molar-refractivity contribution in [3.8, 4) is 5.88 Å². The third-order valence-corrected chi connectivity index (χ3v) is 3.87. The van der Waals surface area contributed by atoms with Crippen LogP contribution in [-0.4, -0.2) is 51.0 Å². The summed E-state index contributed by atoms with van der Waals surface area (Å²) in [6.07, 6.45) is 0. The monoisotopic (exact) mass is 321 g/mol. The fraction of sp³-hybridized carbons (Fsp3) is 0.571. The van der Waals surface area contributed by atoms with E-state index in [9.17, 15) is 4.79 Å². The minimum absolute atomic E-state index is 0.149. The SMILES string of the molecule is CCOCc1nnc2n1CCN(C(=O)c1cc(OC)no1)[C@@H]2C. The maximum Gasteiger partial charge on any atom is 0.293 e. The molecule has 3 rings (SSSR count). The van der Waals surface area contributed by atoms with Gasteiger partial charge in [-0.05, 0) is 19.0 Å². The van der Waals surface area contributed by atoms with E-state index in [0.717, 1.165) is 11.6 Å². The fourth-order valence-electron chi connectivity index (χ4n) is 2.62. The van der Waals surface area contributed by atoms with E-state index in [2.05, 4.69) is 15.4 Å². The molecule has 2 aromatic heterocycles. The van der Waals surface area contributed by atoms with Gasteiger partial charge in [0, 0.05) is 19.7 Å². The van der Waals surface area contributed by atoms with Gasteiger partial charge in [0.15, 0.2) is 11.6 Å². The minimum Gasteiger partial charge on any atom is -0.479 e. The predicted molar refractivity (Wildman–Crippen MR) is 77.9 cm³/mol. The Hall–Kier alpha value is -2.42. The van der Waals surface area contributed by atoms with Gasteiger partial charge in [-0.1, -0.05) is 0 Å². The molecule has 0 aromatic carbocycles. The van der Waals surface area contributed by atoms with Gasteiger partial charge in [0.05, 0.1) is 19.2 Å². The van der Waals surface area contributed by atoms with Crippen LogP contribution >= 0.6 is 0 Å². The lowest BCUT2D eigenvalue weighted by Gasteiger charge is -2.32. The van der Waals surface area contributed by atoms with Crippen LogP contribution in [0.15, 0.2) is 10.6 Å². The molecule has 0 bridgehead atoms. The molecule has 3 heterocycles. The molecular formula is C14H19N5O4. The van der Waals surface area contributed by atoms with Crippen LogP contribution in [-0.2, 0) is 17.9 Å². The van der Waals surface area contributed by atoms with Gasteiger partial charge in [0.25, 0.3) is 11.8 Å². The summed E-state index contributed by atoms with van der Waals surface area (Å²) in [4.78, 5) is 14.3. The molecule has 0 unspecified atom stereocenters. The van der Waals surface area contributed by atoms with Gasteiger partial charge < -0.3 is 23.5 Å². The summed E-state index contributed by atoms with van der Waals surface area (Å²) in [7, 11) is 1.47. The topological polar surface area (TPSA) is 95.5 Å². The number of ether oxygens (including phenoxy) is 2. The highest BCUT2D eigenvalue weighted by Crippen LogP contribution is 2.26. The van der Waals surface area contributed by atoms with Crippen LogP contribution in [0, 0.1) is 0 Å². The largest absolute Gasteiger partial charge is 0.479 e. The van der Waals surface area contributed by atoms with E-state index >= 15 is 0 Å². The molecule has 1 aliphatic rings. The lowest BCUT2D eigenvalue weighted by molar-refractivity contribution is 0.0587. The van der Waals surface area contributed by atoms with E-state index in [0.29, 0.717) is 26.3 Å². The predicted octanol–water partition coefficient (Wildman–Crippen LogP) is 1.03. The normalized spacial score (nSPS) is 17.2. The number of carbonyl (C=O) groups excluding carboxylic acids is 1. The molecule has 2 aromatic rings. The maximum atomic E-state index is 12.6. The average molecular weight is 321 g/mol. The minimum atomic E-state index is -0.242. The molecule has 9 nitrogen and oxygen atoms in total. The highest BCUT2D eigenvalue weighted by Gasteiger charge is 2.33. The highest BCUT2D eigenvalue weighted by atomic mass is 16.5. The van der Waals surface area contributed by atoms with Gasteiger partial charge in [-0.3, -0.25) is 4.79 Å². The van der Waals surface area contributed by atoms with Crippen molar-refractivity contribution >= 4 is 5.91 Å². The smallest absolute Gasteiger partial charge is 0.293 e. The first-order valence-corrected chi connectivity index (χ1v) is 7.47. The maximum absolute atomic E-state index is 12.6. The van der Waals surface area contributed by atoms with E-state index < -0.39 is 0 Å². The number of amides is 1. The quantitative estimate of drug-likeness (QED) is 0.811. The number of aromatic nitrogens is 4. The first-order chi connectivity index (χ1) is 11.2. The number of carbonyl (C=O) groups is 1. The Balaban J connectivity index is 1.79. The molecule has 9 heteroatoms. The molecule has 0 saturated carbocycles. The van der Waals surface area contributed by atoms with Crippen LogP contribution in [0.3, 0.4) is 0 Å². The second kappa shape index (κ2) is 6.37. The Morgan fingerprint density at radius 3 is 2.96 bits per heavy atom. The summed E-state index contributed by atoms with van der Waals surface area (Å²) in [5.74, 6) is 1.71. The standard InChI is InChI=1S/C14H19N5O4/c1-4-22-8-11-15-16-13-9(2)18(5-6-19(11)13)14(20)10-7-12(21-3)17-23-10/h7,9H,4-6,8H2,1-3H3/t9-/m1/s1. The lowest BCUT2D eigenvalue weighted by atomic mass is 10.2. The number of methoxy groups -OCH3 is 1. The molecule has 1 atom stereocenters. The van der Waals surface area contributed by atoms with Crippen molar-refractivity contribution in [1.82, 2.24) is 24.8 Å². The summed E-state index contributed by atoms with van der Waals surface area (Å²) < 4.78 is 17.4. The van der Waals surface area contributed by atoms with Crippen LogP contribution < -0.4 is 4.74 Å². The number of fused-ring (bicyclic) bond motifs is 1. The Morgan fingerprint density at radius 2 is 2.26 bits per heavy atom. The van der Waals surface area contributed by atoms with Gasteiger partial charge in [-0.2, -0.15) is 0 Å². The van der Waals surface area contributed by atoms with Gasteiger partial charge in [0.2, 0.25) is 5.76 Å². The number of hydrogen-bond acceptors (Lipinski definition) is 7. The molecule has 0 N–H and O–H groups in total. The van der Waals surface area contributed by atoms with Crippen LogP contribution in [0.2, 0.25) is 0 Å². The number of nitrogens with zero attached hydrogens (tertiary/aromatic N) is 5. The molecule has 0 fully saturated rings. The summed E-state index contributed by atoms with van der Waals surface area (Å²) in [5.41, 5.74) is 0. The van der Waals surface area contributed by atoms with Gasteiger partial charge in [-0.25, -0.2) is 0 Å². The molecule has 124 valence electrons. The van der Waals surface area contributed by atoms with Gasteiger partial charge in [-0.15, -0.1) is 10.2 Å². The number of rotatable bonds is 5. The van der Waals surface area contributed by atoms with Crippen molar-refractivity contribution in [3.05, 3.63) is 23.5 Å². The lowest BCUT2D eigenvalue weighted by Crippen LogP contribution is -2.41.